The molecule has 0 saturated carbocycles. The maximum absolute atomic E-state index is 12.9. The average molecular weight is 423 g/mol. The van der Waals surface area contributed by atoms with Crippen LogP contribution in [0.5, 0.6) is 5.75 Å². The van der Waals surface area contributed by atoms with Gasteiger partial charge in [0.1, 0.15) is 11.5 Å². The van der Waals surface area contributed by atoms with E-state index < -0.39 is 10.8 Å². The van der Waals surface area contributed by atoms with Crippen LogP contribution in [0.3, 0.4) is 0 Å². The van der Waals surface area contributed by atoms with Crippen LogP contribution in [0.2, 0.25) is 0 Å². The Morgan fingerprint density at radius 2 is 1.90 bits per heavy atom. The average Bonchev–Trinajstić information content (AvgIpc) is 3.30. The molecule has 160 valence electrons. The number of amides is 1. The number of hydrogen-bond donors (Lipinski definition) is 1. The van der Waals surface area contributed by atoms with Crippen LogP contribution in [-0.2, 0) is 4.74 Å². The first-order chi connectivity index (χ1) is 15.1. The first-order valence-corrected chi connectivity index (χ1v) is 9.72. The summed E-state index contributed by atoms with van der Waals surface area (Å²) in [6.45, 7) is 2.63. The second kappa shape index (κ2) is 8.88. The fourth-order valence-electron chi connectivity index (χ4n) is 3.45. The molecular weight excluding hydrogens is 402 g/mol. The number of carbonyl (C=O) groups excluding carboxylic acids is 1. The zero-order valence-electron chi connectivity index (χ0n) is 16.9. The van der Waals surface area contributed by atoms with Crippen molar-refractivity contribution in [3.05, 3.63) is 70.5 Å². The van der Waals surface area contributed by atoms with E-state index in [1.165, 1.54) is 12.1 Å². The van der Waals surface area contributed by atoms with Crippen molar-refractivity contribution in [2.75, 3.05) is 43.6 Å². The van der Waals surface area contributed by atoms with Crippen LogP contribution in [0.4, 0.5) is 17.1 Å². The van der Waals surface area contributed by atoms with E-state index in [-0.39, 0.29) is 17.2 Å². The highest BCUT2D eigenvalue weighted by atomic mass is 16.6. The molecule has 0 aliphatic carbocycles. The normalized spacial score (nSPS) is 13.6. The molecule has 1 aliphatic rings. The van der Waals surface area contributed by atoms with E-state index in [0.717, 1.165) is 5.69 Å². The smallest absolute Gasteiger partial charge is 0.291 e. The van der Waals surface area contributed by atoms with Crippen molar-refractivity contribution in [1.29, 1.82) is 0 Å². The topological polar surface area (TPSA) is 107 Å². The highest BCUT2D eigenvalue weighted by Gasteiger charge is 2.21. The highest BCUT2D eigenvalue weighted by Crippen LogP contribution is 2.33. The van der Waals surface area contributed by atoms with Crippen LogP contribution in [0.15, 0.2) is 59.0 Å². The predicted molar refractivity (Wildman–Crippen MR) is 115 cm³/mol. The van der Waals surface area contributed by atoms with Gasteiger partial charge in [0.25, 0.3) is 11.6 Å². The van der Waals surface area contributed by atoms with E-state index >= 15 is 0 Å². The van der Waals surface area contributed by atoms with Gasteiger partial charge in [-0.25, -0.2) is 0 Å². The summed E-state index contributed by atoms with van der Waals surface area (Å²) in [6.07, 6.45) is 0. The van der Waals surface area contributed by atoms with Crippen molar-refractivity contribution in [2.45, 2.75) is 0 Å². The van der Waals surface area contributed by atoms with Crippen LogP contribution in [0.1, 0.15) is 10.6 Å². The van der Waals surface area contributed by atoms with E-state index in [2.05, 4.69) is 10.2 Å². The van der Waals surface area contributed by atoms with Crippen LogP contribution in [0, 0.1) is 10.1 Å². The fraction of sp³-hybridized carbons (Fsp3) is 0.227. The number of furan rings is 1. The molecule has 9 heteroatoms. The number of benzene rings is 2. The lowest BCUT2D eigenvalue weighted by atomic mass is 10.1. The van der Waals surface area contributed by atoms with E-state index in [9.17, 15) is 14.9 Å². The first-order valence-electron chi connectivity index (χ1n) is 9.72. The lowest BCUT2D eigenvalue weighted by molar-refractivity contribution is -0.384. The number of nitro benzene ring substituents is 1. The van der Waals surface area contributed by atoms with Gasteiger partial charge in [-0.1, -0.05) is 12.1 Å². The van der Waals surface area contributed by atoms with E-state index in [1.807, 2.05) is 12.1 Å². The maximum atomic E-state index is 12.9. The Labute approximate surface area is 178 Å². The molecule has 31 heavy (non-hydrogen) atoms. The van der Waals surface area contributed by atoms with Crippen molar-refractivity contribution >= 4 is 23.0 Å². The SMILES string of the molecule is COc1ccc(N2CCOCC2)c(NC(=O)c2ccc(-c3ccccc3[N+](=O)[O-])o2)c1. The Hall–Kier alpha value is -3.85. The summed E-state index contributed by atoms with van der Waals surface area (Å²) in [4.78, 5) is 25.8. The third-order valence-corrected chi connectivity index (χ3v) is 5.00. The Bertz CT molecular complexity index is 1100. The lowest BCUT2D eigenvalue weighted by Crippen LogP contribution is -2.36. The Balaban J connectivity index is 1.60. The monoisotopic (exact) mass is 423 g/mol. The second-order valence-corrected chi connectivity index (χ2v) is 6.87. The Morgan fingerprint density at radius 3 is 2.65 bits per heavy atom. The van der Waals surface area contributed by atoms with Crippen molar-refractivity contribution in [3.8, 4) is 17.1 Å². The van der Waals surface area contributed by atoms with Crippen LogP contribution in [0.25, 0.3) is 11.3 Å². The summed E-state index contributed by atoms with van der Waals surface area (Å²) in [5.41, 5.74) is 1.64. The number of nitrogens with zero attached hydrogens (tertiary/aromatic N) is 2. The molecule has 9 nitrogen and oxygen atoms in total. The Morgan fingerprint density at radius 1 is 1.13 bits per heavy atom. The summed E-state index contributed by atoms with van der Waals surface area (Å²) >= 11 is 0. The maximum Gasteiger partial charge on any atom is 0.291 e. The Kier molecular flexibility index (Phi) is 5.85. The molecule has 0 unspecified atom stereocenters. The number of morpholine rings is 1. The number of anilines is 2. The van der Waals surface area contributed by atoms with Gasteiger partial charge in [0.05, 0.1) is 42.2 Å². The molecule has 1 saturated heterocycles. The number of carbonyl (C=O) groups is 1. The highest BCUT2D eigenvalue weighted by molar-refractivity contribution is 6.04. The number of nitro groups is 1. The van der Waals surface area contributed by atoms with Crippen molar-refractivity contribution in [2.24, 2.45) is 0 Å². The summed E-state index contributed by atoms with van der Waals surface area (Å²) in [5.74, 6) is 0.431. The standard InChI is InChI=1S/C22H21N3O6/c1-29-15-6-7-19(24-10-12-30-13-11-24)17(14-15)23-22(26)21-9-8-20(31-21)16-4-2-3-5-18(16)25(27)28/h2-9,14H,10-13H2,1H3,(H,23,26). The minimum absolute atomic E-state index is 0.0453. The molecule has 2 aromatic carbocycles. The van der Waals surface area contributed by atoms with Gasteiger partial charge in [0.2, 0.25) is 0 Å². The molecule has 1 amide bonds. The molecule has 2 heterocycles. The first kappa shape index (κ1) is 20.4. The van der Waals surface area contributed by atoms with Gasteiger partial charge in [0.15, 0.2) is 5.76 Å². The third-order valence-electron chi connectivity index (χ3n) is 5.00. The molecular formula is C22H21N3O6. The zero-order chi connectivity index (χ0) is 21.8. The summed E-state index contributed by atoms with van der Waals surface area (Å²) < 4.78 is 16.4. The fourth-order valence-corrected chi connectivity index (χ4v) is 3.45. The summed E-state index contributed by atoms with van der Waals surface area (Å²) in [7, 11) is 1.56. The molecule has 4 rings (SSSR count). The molecule has 1 aliphatic heterocycles. The molecule has 0 radical (unpaired) electrons. The van der Waals surface area contributed by atoms with Crippen molar-refractivity contribution < 1.29 is 23.6 Å². The number of para-hydroxylation sites is 1. The van der Waals surface area contributed by atoms with Gasteiger partial charge < -0.3 is 24.1 Å². The summed E-state index contributed by atoms with van der Waals surface area (Å²) in [6, 6.07) is 14.7. The molecule has 0 bridgehead atoms. The van der Waals surface area contributed by atoms with E-state index in [0.29, 0.717) is 43.3 Å². The van der Waals surface area contributed by atoms with Crippen molar-refractivity contribution in [1.82, 2.24) is 0 Å². The second-order valence-electron chi connectivity index (χ2n) is 6.87. The van der Waals surface area contributed by atoms with Gasteiger partial charge >= 0.3 is 0 Å². The third kappa shape index (κ3) is 4.36. The molecule has 1 N–H and O–H groups in total. The number of methoxy groups -OCH3 is 1. The van der Waals surface area contributed by atoms with Crippen molar-refractivity contribution in [3.63, 3.8) is 0 Å². The molecule has 0 atom stereocenters. The van der Waals surface area contributed by atoms with Crippen LogP contribution < -0.4 is 15.0 Å². The predicted octanol–water partition coefficient (Wildman–Crippen LogP) is 3.95. The van der Waals surface area contributed by atoms with Gasteiger partial charge in [-0.05, 0) is 30.3 Å². The molecule has 1 aromatic heterocycles. The molecule has 1 fully saturated rings. The number of nitrogens with one attached hydrogen (secondary N) is 1. The lowest BCUT2D eigenvalue weighted by Gasteiger charge is -2.30. The molecule has 0 spiro atoms. The van der Waals surface area contributed by atoms with Crippen LogP contribution in [-0.4, -0.2) is 44.2 Å². The number of hydrogen-bond acceptors (Lipinski definition) is 7. The van der Waals surface area contributed by atoms with Gasteiger partial charge in [-0.2, -0.15) is 0 Å². The number of rotatable bonds is 6. The van der Waals surface area contributed by atoms with E-state index in [1.54, 1.807) is 37.4 Å². The number of ether oxygens (including phenoxy) is 2. The summed E-state index contributed by atoms with van der Waals surface area (Å²) in [5, 5.41) is 14.2. The van der Waals surface area contributed by atoms with Gasteiger partial charge in [0, 0.05) is 25.2 Å². The molecule has 3 aromatic rings. The van der Waals surface area contributed by atoms with E-state index in [4.69, 9.17) is 13.9 Å². The van der Waals surface area contributed by atoms with Gasteiger partial charge in [-0.15, -0.1) is 0 Å². The minimum atomic E-state index is -0.484. The quantitative estimate of drug-likeness (QED) is 0.472. The zero-order valence-corrected chi connectivity index (χ0v) is 16.9. The van der Waals surface area contributed by atoms with Crippen LogP contribution >= 0.6 is 0 Å². The largest absolute Gasteiger partial charge is 0.497 e. The minimum Gasteiger partial charge on any atom is -0.497 e. The van der Waals surface area contributed by atoms with Gasteiger partial charge in [-0.3, -0.25) is 14.9 Å².